The molecule has 2 heterocycles. The largest absolute Gasteiger partial charge is 0.316 e. The summed E-state index contributed by atoms with van der Waals surface area (Å²) < 4.78 is 24.3. The van der Waals surface area contributed by atoms with Gasteiger partial charge in [-0.2, -0.15) is 4.99 Å². The lowest BCUT2D eigenvalue weighted by Crippen LogP contribution is -2.37. The molecule has 0 aromatic heterocycles. The van der Waals surface area contributed by atoms with Crippen molar-refractivity contribution in [1.29, 1.82) is 0 Å². The van der Waals surface area contributed by atoms with E-state index in [9.17, 15) is 18.0 Å². The van der Waals surface area contributed by atoms with Gasteiger partial charge in [0.25, 0.3) is 5.91 Å². The highest BCUT2D eigenvalue weighted by Crippen LogP contribution is 2.41. The van der Waals surface area contributed by atoms with E-state index in [-0.39, 0.29) is 40.9 Å². The molecule has 2 saturated heterocycles. The predicted octanol–water partition coefficient (Wildman–Crippen LogP) is 2.73. The minimum Gasteiger partial charge on any atom is -0.316 e. The molecular formula is C21H20N2O4S2. The normalized spacial score (nSPS) is 23.9. The molecule has 6 nitrogen and oxygen atoms in total. The van der Waals surface area contributed by atoms with Crippen molar-refractivity contribution in [3.63, 3.8) is 0 Å². The number of aliphatic imine (C=N–C) groups is 1. The molecule has 1 amide bonds. The van der Waals surface area contributed by atoms with E-state index >= 15 is 0 Å². The summed E-state index contributed by atoms with van der Waals surface area (Å²) in [6.45, 7) is 1.49. The first-order valence-corrected chi connectivity index (χ1v) is 12.0. The molecule has 150 valence electrons. The van der Waals surface area contributed by atoms with E-state index in [4.69, 9.17) is 0 Å². The van der Waals surface area contributed by atoms with Crippen LogP contribution in [-0.4, -0.2) is 48.1 Å². The maximum absolute atomic E-state index is 12.6. The molecule has 29 heavy (non-hydrogen) atoms. The number of hydrogen-bond acceptors (Lipinski definition) is 5. The Balaban J connectivity index is 1.68. The Kier molecular flexibility index (Phi) is 5.31. The summed E-state index contributed by atoms with van der Waals surface area (Å²) >= 11 is 1.33. The summed E-state index contributed by atoms with van der Waals surface area (Å²) in [6, 6.07) is 16.1. The number of nitrogens with zero attached hydrogens (tertiary/aromatic N) is 2. The molecule has 0 spiro atoms. The van der Waals surface area contributed by atoms with Crippen molar-refractivity contribution in [2.75, 3.05) is 16.4 Å². The molecular weight excluding hydrogens is 408 g/mol. The lowest BCUT2D eigenvalue weighted by atomic mass is 10.1. The molecule has 2 aromatic rings. The van der Waals surface area contributed by atoms with E-state index < -0.39 is 9.84 Å². The average molecular weight is 429 g/mol. The van der Waals surface area contributed by atoms with Crippen LogP contribution in [0.2, 0.25) is 0 Å². The van der Waals surface area contributed by atoms with Gasteiger partial charge in [0.05, 0.1) is 24.0 Å². The Morgan fingerprint density at radius 1 is 1.10 bits per heavy atom. The van der Waals surface area contributed by atoms with Crippen LogP contribution >= 0.6 is 11.8 Å². The number of anilines is 1. The maximum Gasteiger partial charge on any atom is 0.252 e. The van der Waals surface area contributed by atoms with Gasteiger partial charge in [0.15, 0.2) is 20.8 Å². The number of hydrogen-bond donors (Lipinski definition) is 0. The molecule has 0 unspecified atom stereocenters. The fraction of sp³-hybridized carbons (Fsp3) is 0.286. The summed E-state index contributed by atoms with van der Waals surface area (Å²) in [5.74, 6) is -0.278. The Morgan fingerprint density at radius 3 is 2.59 bits per heavy atom. The molecule has 0 N–H and O–H groups in total. The number of Topliss-reactive ketones (excluding diaryl/α,β-unsaturated/α-hetero) is 1. The highest BCUT2D eigenvalue weighted by atomic mass is 32.2. The van der Waals surface area contributed by atoms with Crippen LogP contribution in [0.15, 0.2) is 59.6 Å². The van der Waals surface area contributed by atoms with E-state index in [1.807, 2.05) is 41.3 Å². The van der Waals surface area contributed by atoms with Crippen molar-refractivity contribution in [2.24, 2.45) is 4.99 Å². The zero-order chi connectivity index (χ0) is 20.6. The van der Waals surface area contributed by atoms with Crippen LogP contribution in [-0.2, 0) is 21.1 Å². The van der Waals surface area contributed by atoms with Gasteiger partial charge in [-0.25, -0.2) is 8.42 Å². The van der Waals surface area contributed by atoms with Gasteiger partial charge in [0, 0.05) is 16.5 Å². The molecule has 2 aromatic carbocycles. The van der Waals surface area contributed by atoms with E-state index in [0.29, 0.717) is 16.4 Å². The number of fused-ring (bicyclic) bond motifs is 1. The number of carbonyl (C=O) groups excluding carboxylic acids is 2. The molecule has 2 fully saturated rings. The number of carbonyl (C=O) groups is 2. The minimum atomic E-state index is -3.14. The Hall–Kier alpha value is -2.45. The fourth-order valence-corrected chi connectivity index (χ4v) is 7.59. The SMILES string of the molecule is CC(=O)c1cccc(N2C(=NC(=O)Cc3ccccc3)S[C@H]3CS(=O)(=O)C[C@@H]32)c1. The van der Waals surface area contributed by atoms with Crippen molar-refractivity contribution in [1.82, 2.24) is 0 Å². The summed E-state index contributed by atoms with van der Waals surface area (Å²) in [6.07, 6.45) is 0.180. The predicted molar refractivity (Wildman–Crippen MR) is 115 cm³/mol. The highest BCUT2D eigenvalue weighted by Gasteiger charge is 2.49. The van der Waals surface area contributed by atoms with Crippen LogP contribution in [0.3, 0.4) is 0 Å². The molecule has 0 bridgehead atoms. The quantitative estimate of drug-likeness (QED) is 0.697. The van der Waals surface area contributed by atoms with Gasteiger partial charge < -0.3 is 4.90 Å². The van der Waals surface area contributed by atoms with E-state index in [0.717, 1.165) is 5.56 Å². The monoisotopic (exact) mass is 428 g/mol. The molecule has 2 aliphatic heterocycles. The zero-order valence-corrected chi connectivity index (χ0v) is 17.4. The van der Waals surface area contributed by atoms with Crippen molar-refractivity contribution >= 4 is 44.1 Å². The summed E-state index contributed by atoms with van der Waals surface area (Å²) in [4.78, 5) is 30.5. The standard InChI is InChI=1S/C21H20N2O4S2/c1-14(24)16-8-5-9-17(11-16)23-18-12-29(26,27)13-19(18)28-21(23)22-20(25)10-15-6-3-2-4-7-15/h2-9,11,18-19H,10,12-13H2,1H3/t18-,19-/m0/s1. The number of amides is 1. The highest BCUT2D eigenvalue weighted by molar-refractivity contribution is 8.16. The zero-order valence-electron chi connectivity index (χ0n) is 15.8. The van der Waals surface area contributed by atoms with Crippen molar-refractivity contribution in [2.45, 2.75) is 24.6 Å². The molecule has 0 aliphatic carbocycles. The lowest BCUT2D eigenvalue weighted by Gasteiger charge is -2.24. The number of ketones is 1. The maximum atomic E-state index is 12.6. The number of benzene rings is 2. The third-order valence-corrected chi connectivity index (χ3v) is 8.23. The number of sulfone groups is 1. The molecule has 2 atom stereocenters. The van der Waals surface area contributed by atoms with Gasteiger partial charge in [-0.15, -0.1) is 0 Å². The summed E-state index contributed by atoms with van der Waals surface area (Å²) in [5.41, 5.74) is 2.09. The van der Waals surface area contributed by atoms with E-state index in [2.05, 4.69) is 4.99 Å². The van der Waals surface area contributed by atoms with Gasteiger partial charge in [-0.1, -0.05) is 54.2 Å². The lowest BCUT2D eigenvalue weighted by molar-refractivity contribution is -0.117. The van der Waals surface area contributed by atoms with Gasteiger partial charge in [0.1, 0.15) is 0 Å². The third kappa shape index (κ3) is 4.28. The molecule has 0 saturated carbocycles. The molecule has 2 aliphatic rings. The second-order valence-corrected chi connectivity index (χ2v) is 10.6. The molecule has 8 heteroatoms. The fourth-order valence-electron chi connectivity index (χ4n) is 3.66. The number of thioether (sulfide) groups is 1. The van der Waals surface area contributed by atoms with Gasteiger partial charge in [-0.3, -0.25) is 9.59 Å². The smallest absolute Gasteiger partial charge is 0.252 e. The first kappa shape index (κ1) is 19.8. The van der Waals surface area contributed by atoms with Crippen molar-refractivity contribution in [3.05, 3.63) is 65.7 Å². The van der Waals surface area contributed by atoms with Crippen LogP contribution in [0.25, 0.3) is 0 Å². The second-order valence-electron chi connectivity index (χ2n) is 7.23. The first-order chi connectivity index (χ1) is 13.8. The Bertz CT molecular complexity index is 1100. The van der Waals surface area contributed by atoms with Crippen LogP contribution in [0.5, 0.6) is 0 Å². The minimum absolute atomic E-state index is 0.0147. The van der Waals surface area contributed by atoms with Crippen molar-refractivity contribution < 1.29 is 18.0 Å². The third-order valence-electron chi connectivity index (χ3n) is 5.02. The first-order valence-electron chi connectivity index (χ1n) is 9.25. The van der Waals surface area contributed by atoms with Crippen LogP contribution in [0.1, 0.15) is 22.8 Å². The number of rotatable bonds is 4. The van der Waals surface area contributed by atoms with Gasteiger partial charge in [0.2, 0.25) is 0 Å². The van der Waals surface area contributed by atoms with Crippen LogP contribution < -0.4 is 4.90 Å². The van der Waals surface area contributed by atoms with Gasteiger partial charge >= 0.3 is 0 Å². The second kappa shape index (κ2) is 7.76. The van der Waals surface area contributed by atoms with Crippen molar-refractivity contribution in [3.8, 4) is 0 Å². The van der Waals surface area contributed by atoms with Crippen LogP contribution in [0.4, 0.5) is 5.69 Å². The van der Waals surface area contributed by atoms with Crippen LogP contribution in [0, 0.1) is 0 Å². The molecule has 0 radical (unpaired) electrons. The average Bonchev–Trinajstić information content (AvgIpc) is 3.13. The Morgan fingerprint density at radius 2 is 1.86 bits per heavy atom. The molecule has 4 rings (SSSR count). The van der Waals surface area contributed by atoms with E-state index in [1.54, 1.807) is 18.2 Å². The summed E-state index contributed by atoms with van der Waals surface area (Å²) in [5, 5.41) is 0.320. The topological polar surface area (TPSA) is 83.9 Å². The summed E-state index contributed by atoms with van der Waals surface area (Å²) in [7, 11) is -3.14. The Labute approximate surface area is 173 Å². The van der Waals surface area contributed by atoms with E-state index in [1.165, 1.54) is 18.7 Å². The van der Waals surface area contributed by atoms with Gasteiger partial charge in [-0.05, 0) is 24.6 Å². The number of amidine groups is 1.